The Hall–Kier alpha value is -2.63. The minimum absolute atomic E-state index is 0.276. The van der Waals surface area contributed by atoms with Crippen molar-refractivity contribution in [3.8, 4) is 0 Å². The number of benzene rings is 1. The average molecular weight is 243 g/mol. The number of hydrogen-bond acceptors (Lipinski definition) is 5. The summed E-state index contributed by atoms with van der Waals surface area (Å²) in [6, 6.07) is 6.67. The minimum Gasteiger partial charge on any atom is -0.443 e. The molecule has 0 saturated carbocycles. The topological polar surface area (TPSA) is 81.2 Å². The van der Waals surface area contributed by atoms with E-state index in [1.165, 1.54) is 6.39 Å². The van der Waals surface area contributed by atoms with E-state index in [0.717, 1.165) is 0 Å². The molecule has 0 bridgehead atoms. The number of oxazole rings is 1. The largest absolute Gasteiger partial charge is 0.443 e. The van der Waals surface area contributed by atoms with Crippen LogP contribution in [-0.2, 0) is 0 Å². The van der Waals surface area contributed by atoms with Crippen molar-refractivity contribution < 1.29 is 13.7 Å². The van der Waals surface area contributed by atoms with Gasteiger partial charge in [-0.05, 0) is 25.1 Å². The highest BCUT2D eigenvalue weighted by atomic mass is 16.5. The number of amides is 1. The standard InChI is InChI=1S/C12H9N3O3/c1-7-4-11(15-18-7)14-12(16)8-2-3-9-10(5-8)17-6-13-9/h2-6H,1H3,(H,14,15,16). The molecule has 0 aliphatic carbocycles. The predicted molar refractivity (Wildman–Crippen MR) is 63.2 cm³/mol. The zero-order valence-corrected chi connectivity index (χ0v) is 9.51. The number of carbonyl (C=O) groups excluding carboxylic acids is 1. The molecule has 0 spiro atoms. The molecule has 1 aromatic carbocycles. The van der Waals surface area contributed by atoms with Crippen molar-refractivity contribution in [2.75, 3.05) is 5.32 Å². The number of carbonyl (C=O) groups is 1. The van der Waals surface area contributed by atoms with Crippen LogP contribution in [0.4, 0.5) is 5.82 Å². The van der Waals surface area contributed by atoms with Crippen LogP contribution in [0.3, 0.4) is 0 Å². The van der Waals surface area contributed by atoms with Crippen LogP contribution >= 0.6 is 0 Å². The highest BCUT2D eigenvalue weighted by molar-refractivity contribution is 6.05. The molecule has 1 N–H and O–H groups in total. The lowest BCUT2D eigenvalue weighted by molar-refractivity contribution is 0.102. The third kappa shape index (κ3) is 1.84. The van der Waals surface area contributed by atoms with Crippen LogP contribution in [-0.4, -0.2) is 16.0 Å². The Morgan fingerprint density at radius 1 is 1.33 bits per heavy atom. The van der Waals surface area contributed by atoms with Gasteiger partial charge in [0, 0.05) is 11.6 Å². The van der Waals surface area contributed by atoms with E-state index in [1.54, 1.807) is 31.2 Å². The van der Waals surface area contributed by atoms with Gasteiger partial charge in [0.25, 0.3) is 5.91 Å². The fourth-order valence-corrected chi connectivity index (χ4v) is 1.61. The maximum atomic E-state index is 11.9. The van der Waals surface area contributed by atoms with Crippen molar-refractivity contribution in [1.82, 2.24) is 10.1 Å². The molecule has 0 aliphatic heterocycles. The summed E-state index contributed by atoms with van der Waals surface area (Å²) in [4.78, 5) is 15.9. The smallest absolute Gasteiger partial charge is 0.257 e. The second-order valence-corrected chi connectivity index (χ2v) is 3.81. The lowest BCUT2D eigenvalue weighted by Crippen LogP contribution is -2.11. The van der Waals surface area contributed by atoms with E-state index in [1.807, 2.05) is 0 Å². The van der Waals surface area contributed by atoms with E-state index in [0.29, 0.717) is 28.2 Å². The Morgan fingerprint density at radius 2 is 2.22 bits per heavy atom. The molecule has 0 atom stereocenters. The van der Waals surface area contributed by atoms with Gasteiger partial charge in [-0.15, -0.1) is 0 Å². The number of fused-ring (bicyclic) bond motifs is 1. The lowest BCUT2D eigenvalue weighted by Gasteiger charge is -2.00. The first-order valence-corrected chi connectivity index (χ1v) is 5.30. The van der Waals surface area contributed by atoms with Gasteiger partial charge < -0.3 is 14.3 Å². The summed E-state index contributed by atoms with van der Waals surface area (Å²) in [5.74, 6) is 0.743. The summed E-state index contributed by atoms with van der Waals surface area (Å²) < 4.78 is 10.0. The maximum Gasteiger partial charge on any atom is 0.257 e. The van der Waals surface area contributed by atoms with Crippen molar-refractivity contribution >= 4 is 22.8 Å². The summed E-state index contributed by atoms with van der Waals surface area (Å²) >= 11 is 0. The van der Waals surface area contributed by atoms with Crippen molar-refractivity contribution in [3.63, 3.8) is 0 Å². The van der Waals surface area contributed by atoms with E-state index >= 15 is 0 Å². The van der Waals surface area contributed by atoms with Crippen LogP contribution in [0, 0.1) is 6.92 Å². The van der Waals surface area contributed by atoms with Gasteiger partial charge in [0.1, 0.15) is 11.3 Å². The van der Waals surface area contributed by atoms with Gasteiger partial charge >= 0.3 is 0 Å². The molecule has 0 radical (unpaired) electrons. The molecule has 6 nitrogen and oxygen atoms in total. The Bertz CT molecular complexity index is 714. The van der Waals surface area contributed by atoms with E-state index < -0.39 is 0 Å². The molecule has 90 valence electrons. The van der Waals surface area contributed by atoms with Gasteiger partial charge in [0.15, 0.2) is 17.8 Å². The molecule has 0 unspecified atom stereocenters. The number of rotatable bonds is 2. The first-order chi connectivity index (χ1) is 8.72. The number of aromatic nitrogens is 2. The second-order valence-electron chi connectivity index (χ2n) is 3.81. The lowest BCUT2D eigenvalue weighted by atomic mass is 10.2. The Kier molecular flexibility index (Phi) is 2.33. The van der Waals surface area contributed by atoms with Crippen LogP contribution in [0.25, 0.3) is 11.1 Å². The van der Waals surface area contributed by atoms with Gasteiger partial charge in [-0.2, -0.15) is 0 Å². The Labute approximate surface area is 102 Å². The number of anilines is 1. The van der Waals surface area contributed by atoms with Gasteiger partial charge in [-0.3, -0.25) is 4.79 Å². The number of nitrogens with one attached hydrogen (secondary N) is 1. The zero-order chi connectivity index (χ0) is 12.5. The number of nitrogens with zero attached hydrogens (tertiary/aromatic N) is 2. The first-order valence-electron chi connectivity index (χ1n) is 5.30. The molecule has 0 aliphatic rings. The highest BCUT2D eigenvalue weighted by Crippen LogP contribution is 2.15. The minimum atomic E-state index is -0.276. The average Bonchev–Trinajstić information content (AvgIpc) is 2.96. The molecule has 2 aromatic heterocycles. The number of hydrogen-bond donors (Lipinski definition) is 1. The molecule has 0 saturated heterocycles. The predicted octanol–water partition coefficient (Wildman–Crippen LogP) is 2.38. The molecule has 6 heteroatoms. The zero-order valence-electron chi connectivity index (χ0n) is 9.51. The summed E-state index contributed by atoms with van der Waals surface area (Å²) in [7, 11) is 0. The quantitative estimate of drug-likeness (QED) is 0.747. The van der Waals surface area contributed by atoms with E-state index in [-0.39, 0.29) is 5.91 Å². The van der Waals surface area contributed by atoms with E-state index in [4.69, 9.17) is 8.94 Å². The summed E-state index contributed by atoms with van der Waals surface area (Å²) in [5.41, 5.74) is 1.75. The van der Waals surface area contributed by atoms with Gasteiger partial charge in [0.2, 0.25) is 0 Å². The normalized spacial score (nSPS) is 10.7. The SMILES string of the molecule is Cc1cc(NC(=O)c2ccc3ncoc3c2)no1. The fraction of sp³-hybridized carbons (Fsp3) is 0.0833. The van der Waals surface area contributed by atoms with E-state index in [9.17, 15) is 4.79 Å². The Morgan fingerprint density at radius 3 is 3.00 bits per heavy atom. The molecule has 3 aromatic rings. The van der Waals surface area contributed by atoms with Gasteiger partial charge in [-0.1, -0.05) is 5.16 Å². The third-order valence-electron chi connectivity index (χ3n) is 2.46. The molecular weight excluding hydrogens is 234 g/mol. The summed E-state index contributed by atoms with van der Waals surface area (Å²) in [5, 5.41) is 6.32. The molecule has 2 heterocycles. The summed E-state index contributed by atoms with van der Waals surface area (Å²) in [6.07, 6.45) is 1.34. The van der Waals surface area contributed by atoms with Crippen molar-refractivity contribution in [1.29, 1.82) is 0 Å². The fourth-order valence-electron chi connectivity index (χ4n) is 1.61. The first kappa shape index (κ1) is 10.5. The molecule has 0 fully saturated rings. The van der Waals surface area contributed by atoms with Gasteiger partial charge in [0.05, 0.1) is 0 Å². The van der Waals surface area contributed by atoms with Crippen molar-refractivity contribution in [2.45, 2.75) is 6.92 Å². The summed E-state index contributed by atoms with van der Waals surface area (Å²) in [6.45, 7) is 1.75. The van der Waals surface area contributed by atoms with Crippen molar-refractivity contribution in [2.24, 2.45) is 0 Å². The molecule has 1 amide bonds. The van der Waals surface area contributed by atoms with Crippen LogP contribution in [0.5, 0.6) is 0 Å². The second kappa shape index (κ2) is 3.99. The van der Waals surface area contributed by atoms with Crippen LogP contribution < -0.4 is 5.32 Å². The van der Waals surface area contributed by atoms with Crippen LogP contribution in [0.2, 0.25) is 0 Å². The highest BCUT2D eigenvalue weighted by Gasteiger charge is 2.10. The van der Waals surface area contributed by atoms with Gasteiger partial charge in [-0.25, -0.2) is 4.98 Å². The maximum absolute atomic E-state index is 11.9. The molecule has 18 heavy (non-hydrogen) atoms. The molecular formula is C12H9N3O3. The van der Waals surface area contributed by atoms with Crippen LogP contribution in [0.15, 0.2) is 39.6 Å². The monoisotopic (exact) mass is 243 g/mol. The van der Waals surface area contributed by atoms with Crippen LogP contribution in [0.1, 0.15) is 16.1 Å². The Balaban J connectivity index is 1.87. The third-order valence-corrected chi connectivity index (χ3v) is 2.46. The number of aryl methyl sites for hydroxylation is 1. The molecule has 3 rings (SSSR count). The van der Waals surface area contributed by atoms with Crippen molar-refractivity contribution in [3.05, 3.63) is 42.0 Å². The van der Waals surface area contributed by atoms with E-state index in [2.05, 4.69) is 15.5 Å².